The van der Waals surface area contributed by atoms with E-state index < -0.39 is 41.8 Å². The minimum absolute atomic E-state index is 0.147. The maximum atomic E-state index is 13.1. The standard InChI is InChI=1S/C23H38N6O5/c24-12-6-4-10-17(27-20(30)15-26)21(31)29-19(14-16-8-2-1-3-9-16)22(32)28-18(23(33)34)11-5-7-13-25/h1-3,8-9,17-19H,4-7,10-15,24-26H2,(H,27,30)(H,28,32)(H,29,31)(H,33,34). The number of carboxylic acid groups (broad SMARTS) is 1. The van der Waals surface area contributed by atoms with Crippen LogP contribution in [0, 0.1) is 0 Å². The molecule has 3 amide bonds. The summed E-state index contributed by atoms with van der Waals surface area (Å²) in [5.41, 5.74) is 17.1. The number of carboxylic acids is 1. The van der Waals surface area contributed by atoms with Crippen LogP contribution >= 0.6 is 0 Å². The molecule has 0 spiro atoms. The lowest BCUT2D eigenvalue weighted by Crippen LogP contribution is -2.56. The number of carbonyl (C=O) groups is 4. The first-order chi connectivity index (χ1) is 16.3. The zero-order chi connectivity index (χ0) is 25.3. The van der Waals surface area contributed by atoms with E-state index in [9.17, 15) is 24.3 Å². The van der Waals surface area contributed by atoms with E-state index in [1.54, 1.807) is 24.3 Å². The van der Waals surface area contributed by atoms with Gasteiger partial charge in [0.25, 0.3) is 0 Å². The first kappa shape index (κ1) is 29.0. The van der Waals surface area contributed by atoms with Crippen molar-refractivity contribution < 1.29 is 24.3 Å². The summed E-state index contributed by atoms with van der Waals surface area (Å²) in [5.74, 6) is -2.83. The fourth-order valence-electron chi connectivity index (χ4n) is 3.37. The average molecular weight is 479 g/mol. The molecule has 0 aliphatic carbocycles. The topological polar surface area (TPSA) is 203 Å². The smallest absolute Gasteiger partial charge is 0.326 e. The molecule has 3 unspecified atom stereocenters. The van der Waals surface area contributed by atoms with Gasteiger partial charge in [0.1, 0.15) is 18.1 Å². The van der Waals surface area contributed by atoms with Gasteiger partial charge in [-0.15, -0.1) is 0 Å². The van der Waals surface area contributed by atoms with Crippen molar-refractivity contribution in [3.63, 3.8) is 0 Å². The number of rotatable bonds is 17. The highest BCUT2D eigenvalue weighted by molar-refractivity contribution is 5.93. The van der Waals surface area contributed by atoms with Gasteiger partial charge in [-0.25, -0.2) is 4.79 Å². The van der Waals surface area contributed by atoms with E-state index in [4.69, 9.17) is 17.2 Å². The molecular weight excluding hydrogens is 440 g/mol. The zero-order valence-corrected chi connectivity index (χ0v) is 19.5. The summed E-state index contributed by atoms with van der Waals surface area (Å²) in [5, 5.41) is 17.3. The summed E-state index contributed by atoms with van der Waals surface area (Å²) in [6.07, 6.45) is 3.13. The third-order valence-corrected chi connectivity index (χ3v) is 5.26. The highest BCUT2D eigenvalue weighted by atomic mass is 16.4. The van der Waals surface area contributed by atoms with E-state index in [-0.39, 0.29) is 19.4 Å². The second-order valence-electron chi connectivity index (χ2n) is 8.04. The maximum absolute atomic E-state index is 13.1. The van der Waals surface area contributed by atoms with Crippen molar-refractivity contribution in [1.82, 2.24) is 16.0 Å². The molecule has 190 valence electrons. The molecule has 34 heavy (non-hydrogen) atoms. The Morgan fingerprint density at radius 2 is 1.26 bits per heavy atom. The third-order valence-electron chi connectivity index (χ3n) is 5.26. The Kier molecular flexibility index (Phi) is 14.1. The van der Waals surface area contributed by atoms with Crippen molar-refractivity contribution in [3.8, 4) is 0 Å². The van der Waals surface area contributed by atoms with Gasteiger partial charge in [0.15, 0.2) is 0 Å². The Balaban J connectivity index is 3.01. The van der Waals surface area contributed by atoms with Crippen LogP contribution in [0.2, 0.25) is 0 Å². The Bertz CT molecular complexity index is 776. The molecule has 0 bridgehead atoms. The summed E-state index contributed by atoms with van der Waals surface area (Å²) < 4.78 is 0. The van der Waals surface area contributed by atoms with Gasteiger partial charge in [-0.3, -0.25) is 14.4 Å². The van der Waals surface area contributed by atoms with Gasteiger partial charge in [0, 0.05) is 6.42 Å². The zero-order valence-electron chi connectivity index (χ0n) is 19.5. The van der Waals surface area contributed by atoms with E-state index >= 15 is 0 Å². The van der Waals surface area contributed by atoms with Crippen LogP contribution in [0.15, 0.2) is 30.3 Å². The number of benzene rings is 1. The van der Waals surface area contributed by atoms with E-state index in [2.05, 4.69) is 16.0 Å². The van der Waals surface area contributed by atoms with Gasteiger partial charge in [0.05, 0.1) is 6.54 Å². The molecule has 0 radical (unpaired) electrons. The minimum Gasteiger partial charge on any atom is -0.480 e. The van der Waals surface area contributed by atoms with Crippen LogP contribution in [-0.4, -0.2) is 66.6 Å². The second-order valence-corrected chi connectivity index (χ2v) is 8.04. The molecule has 0 aliphatic heterocycles. The third kappa shape index (κ3) is 11.2. The molecule has 0 heterocycles. The van der Waals surface area contributed by atoms with Crippen molar-refractivity contribution in [2.75, 3.05) is 19.6 Å². The fourth-order valence-corrected chi connectivity index (χ4v) is 3.37. The molecule has 0 aliphatic rings. The Morgan fingerprint density at radius 1 is 0.735 bits per heavy atom. The van der Waals surface area contributed by atoms with Crippen LogP contribution in [0.1, 0.15) is 44.1 Å². The summed E-state index contributed by atoms with van der Waals surface area (Å²) in [4.78, 5) is 49.5. The lowest BCUT2D eigenvalue weighted by molar-refractivity contribution is -0.142. The predicted molar refractivity (Wildman–Crippen MR) is 128 cm³/mol. The first-order valence-corrected chi connectivity index (χ1v) is 11.6. The van der Waals surface area contributed by atoms with Crippen LogP contribution in [0.5, 0.6) is 0 Å². The fraction of sp³-hybridized carbons (Fsp3) is 0.565. The summed E-state index contributed by atoms with van der Waals surface area (Å²) in [7, 11) is 0. The van der Waals surface area contributed by atoms with Crippen molar-refractivity contribution >= 4 is 23.7 Å². The molecule has 3 atom stereocenters. The lowest BCUT2D eigenvalue weighted by Gasteiger charge is -2.24. The van der Waals surface area contributed by atoms with Gasteiger partial charge in [-0.2, -0.15) is 0 Å². The molecule has 1 aromatic carbocycles. The summed E-state index contributed by atoms with van der Waals surface area (Å²) in [6, 6.07) is 5.99. The van der Waals surface area contributed by atoms with Gasteiger partial charge in [0.2, 0.25) is 17.7 Å². The molecule has 1 rings (SSSR count). The maximum Gasteiger partial charge on any atom is 0.326 e. The first-order valence-electron chi connectivity index (χ1n) is 11.6. The summed E-state index contributed by atoms with van der Waals surface area (Å²) in [6.45, 7) is 0.587. The van der Waals surface area contributed by atoms with Crippen LogP contribution in [0.4, 0.5) is 0 Å². The van der Waals surface area contributed by atoms with Crippen LogP contribution in [-0.2, 0) is 25.6 Å². The predicted octanol–water partition coefficient (Wildman–Crippen LogP) is -1.02. The van der Waals surface area contributed by atoms with E-state index in [0.717, 1.165) is 5.56 Å². The van der Waals surface area contributed by atoms with Crippen molar-refractivity contribution in [2.24, 2.45) is 17.2 Å². The monoisotopic (exact) mass is 478 g/mol. The van der Waals surface area contributed by atoms with Gasteiger partial charge < -0.3 is 38.3 Å². The number of unbranched alkanes of at least 4 members (excludes halogenated alkanes) is 2. The van der Waals surface area contributed by atoms with Crippen molar-refractivity contribution in [1.29, 1.82) is 0 Å². The highest BCUT2D eigenvalue weighted by Gasteiger charge is 2.29. The highest BCUT2D eigenvalue weighted by Crippen LogP contribution is 2.08. The van der Waals surface area contributed by atoms with Crippen molar-refractivity contribution in [3.05, 3.63) is 35.9 Å². The Labute approximate surface area is 200 Å². The molecule has 0 saturated heterocycles. The van der Waals surface area contributed by atoms with Crippen LogP contribution in [0.25, 0.3) is 0 Å². The number of amides is 3. The number of hydrogen-bond acceptors (Lipinski definition) is 7. The Hall–Kier alpha value is -3.02. The molecular formula is C23H38N6O5. The average Bonchev–Trinajstić information content (AvgIpc) is 2.82. The largest absolute Gasteiger partial charge is 0.480 e. The summed E-state index contributed by atoms with van der Waals surface area (Å²) >= 11 is 0. The Morgan fingerprint density at radius 3 is 1.79 bits per heavy atom. The second kappa shape index (κ2) is 16.6. The van der Waals surface area contributed by atoms with Gasteiger partial charge >= 0.3 is 5.97 Å². The number of carbonyl (C=O) groups excluding carboxylic acids is 3. The number of nitrogens with one attached hydrogen (secondary N) is 3. The molecule has 0 fully saturated rings. The normalized spacial score (nSPS) is 13.4. The van der Waals surface area contributed by atoms with E-state index in [1.165, 1.54) is 0 Å². The quantitative estimate of drug-likeness (QED) is 0.138. The SMILES string of the molecule is NCCCCC(NC(=O)C(Cc1ccccc1)NC(=O)C(CCCCN)NC(=O)CN)C(=O)O. The van der Waals surface area contributed by atoms with Crippen molar-refractivity contribution in [2.45, 2.75) is 63.1 Å². The van der Waals surface area contributed by atoms with E-state index in [0.29, 0.717) is 45.2 Å². The van der Waals surface area contributed by atoms with Gasteiger partial charge in [-0.05, 0) is 57.2 Å². The molecule has 0 saturated carbocycles. The molecule has 1 aromatic rings. The molecule has 10 N–H and O–H groups in total. The minimum atomic E-state index is -1.16. The van der Waals surface area contributed by atoms with E-state index in [1.807, 2.05) is 6.07 Å². The van der Waals surface area contributed by atoms with Crippen LogP contribution in [0.3, 0.4) is 0 Å². The van der Waals surface area contributed by atoms with Crippen LogP contribution < -0.4 is 33.2 Å². The van der Waals surface area contributed by atoms with Gasteiger partial charge in [-0.1, -0.05) is 30.3 Å². The molecule has 11 nitrogen and oxygen atoms in total. The lowest BCUT2D eigenvalue weighted by atomic mass is 10.0. The number of nitrogens with two attached hydrogens (primary N) is 3. The molecule has 11 heteroatoms. The number of aliphatic carboxylic acids is 1. The number of hydrogen-bond donors (Lipinski definition) is 7. The molecule has 0 aromatic heterocycles.